The molecule has 2 amide bonds. The van der Waals surface area contributed by atoms with Crippen LogP contribution in [0.2, 0.25) is 0 Å². The van der Waals surface area contributed by atoms with E-state index >= 15 is 0 Å². The molecule has 0 atom stereocenters. The molecule has 36 heavy (non-hydrogen) atoms. The number of urea groups is 1. The summed E-state index contributed by atoms with van der Waals surface area (Å²) in [5, 5.41) is 8.77. The van der Waals surface area contributed by atoms with Crippen molar-refractivity contribution >= 4 is 57.1 Å². The van der Waals surface area contributed by atoms with Crippen LogP contribution in [0.1, 0.15) is 5.56 Å². The molecule has 0 aliphatic rings. The number of halogens is 1. The smallest absolute Gasteiger partial charge is 0.319 e. The first-order valence-corrected chi connectivity index (χ1v) is 13.1. The standard InChI is InChI=1S/C24H31N7O3S.ClH/c1-30(2)16-15-26-24(32)28-20-9-11-21(12-10-20)31(3)22-13-14-25-23(29-22)27-19-7-5-18(6-8-19)17-35(4,33)34;/h5-14H,15-17H2,1-4H3,(H,25,27,29)(H2,26,28,32);1H. The third-order valence-electron chi connectivity index (χ3n) is 4.98. The minimum atomic E-state index is -3.08. The van der Waals surface area contributed by atoms with Gasteiger partial charge in [-0.15, -0.1) is 12.4 Å². The zero-order chi connectivity index (χ0) is 25.4. The third-order valence-corrected chi connectivity index (χ3v) is 5.84. The van der Waals surface area contributed by atoms with E-state index in [9.17, 15) is 13.2 Å². The van der Waals surface area contributed by atoms with Crippen molar-refractivity contribution in [1.29, 1.82) is 0 Å². The molecule has 0 bridgehead atoms. The minimum Gasteiger partial charge on any atom is -0.337 e. The van der Waals surface area contributed by atoms with E-state index in [-0.39, 0.29) is 24.2 Å². The highest BCUT2D eigenvalue weighted by Crippen LogP contribution is 2.24. The second-order valence-corrected chi connectivity index (χ2v) is 10.6. The van der Waals surface area contributed by atoms with Gasteiger partial charge in [-0.05, 0) is 62.1 Å². The Kier molecular flexibility index (Phi) is 10.5. The number of carbonyl (C=O) groups excluding carboxylic acids is 1. The van der Waals surface area contributed by atoms with Gasteiger partial charge < -0.3 is 25.8 Å². The first kappa shape index (κ1) is 28.8. The number of carbonyl (C=O) groups is 1. The zero-order valence-electron chi connectivity index (χ0n) is 20.7. The molecule has 0 saturated heterocycles. The second kappa shape index (κ2) is 13.1. The summed E-state index contributed by atoms with van der Waals surface area (Å²) in [5.74, 6) is 1.09. The Morgan fingerprint density at radius 1 is 0.944 bits per heavy atom. The average molecular weight is 534 g/mol. The van der Waals surface area contributed by atoms with Crippen LogP contribution in [-0.4, -0.2) is 69.8 Å². The minimum absolute atomic E-state index is 0. The lowest BCUT2D eigenvalue weighted by molar-refractivity contribution is 0.250. The number of hydrogen-bond acceptors (Lipinski definition) is 8. The van der Waals surface area contributed by atoms with Crippen LogP contribution in [0.3, 0.4) is 0 Å². The Hall–Kier alpha value is -3.41. The number of rotatable bonds is 10. The molecule has 1 aromatic heterocycles. The highest BCUT2D eigenvalue weighted by Gasteiger charge is 2.09. The van der Waals surface area contributed by atoms with Gasteiger partial charge in [0.15, 0.2) is 9.84 Å². The number of nitrogens with one attached hydrogen (secondary N) is 3. The Labute approximate surface area is 218 Å². The lowest BCUT2D eigenvalue weighted by Crippen LogP contribution is -2.34. The Bertz CT molecular complexity index is 1240. The number of anilines is 5. The van der Waals surface area contributed by atoms with E-state index in [1.54, 1.807) is 36.5 Å². The summed E-state index contributed by atoms with van der Waals surface area (Å²) >= 11 is 0. The summed E-state index contributed by atoms with van der Waals surface area (Å²) in [6.07, 6.45) is 2.87. The molecule has 10 nitrogen and oxygen atoms in total. The predicted octanol–water partition coefficient (Wildman–Crippen LogP) is 3.64. The highest BCUT2D eigenvalue weighted by atomic mass is 35.5. The van der Waals surface area contributed by atoms with E-state index in [1.165, 1.54) is 6.26 Å². The van der Waals surface area contributed by atoms with Crippen LogP contribution in [0, 0.1) is 0 Å². The number of amides is 2. The summed E-state index contributed by atoms with van der Waals surface area (Å²) in [6.45, 7) is 1.33. The largest absolute Gasteiger partial charge is 0.337 e. The molecule has 0 unspecified atom stereocenters. The fourth-order valence-corrected chi connectivity index (χ4v) is 3.98. The Morgan fingerprint density at radius 2 is 1.58 bits per heavy atom. The summed E-state index contributed by atoms with van der Waals surface area (Å²) in [5.41, 5.74) is 3.05. The van der Waals surface area contributed by atoms with E-state index in [2.05, 4.69) is 25.9 Å². The summed E-state index contributed by atoms with van der Waals surface area (Å²) in [6, 6.07) is 16.1. The van der Waals surface area contributed by atoms with Crippen LogP contribution in [0.5, 0.6) is 0 Å². The third kappa shape index (κ3) is 9.33. The van der Waals surface area contributed by atoms with Crippen molar-refractivity contribution in [2.45, 2.75) is 5.75 Å². The zero-order valence-corrected chi connectivity index (χ0v) is 22.4. The molecule has 194 valence electrons. The first-order chi connectivity index (χ1) is 16.6. The molecule has 0 fully saturated rings. The molecular weight excluding hydrogens is 502 g/mol. The summed E-state index contributed by atoms with van der Waals surface area (Å²) < 4.78 is 22.9. The molecule has 0 aliphatic heterocycles. The van der Waals surface area contributed by atoms with Gasteiger partial charge in [-0.2, -0.15) is 4.98 Å². The van der Waals surface area contributed by atoms with Gasteiger partial charge in [0, 0.05) is 49.7 Å². The molecule has 3 N–H and O–H groups in total. The quantitative estimate of drug-likeness (QED) is 0.361. The predicted molar refractivity (Wildman–Crippen MR) is 148 cm³/mol. The van der Waals surface area contributed by atoms with Crippen molar-refractivity contribution in [3.05, 3.63) is 66.4 Å². The van der Waals surface area contributed by atoms with Crippen molar-refractivity contribution in [3.8, 4) is 0 Å². The molecule has 0 radical (unpaired) electrons. The fraction of sp³-hybridized carbons (Fsp3) is 0.292. The van der Waals surface area contributed by atoms with Crippen molar-refractivity contribution in [1.82, 2.24) is 20.2 Å². The molecule has 3 rings (SSSR count). The lowest BCUT2D eigenvalue weighted by Gasteiger charge is -2.19. The van der Waals surface area contributed by atoms with Gasteiger partial charge in [0.2, 0.25) is 5.95 Å². The van der Waals surface area contributed by atoms with Crippen LogP contribution in [-0.2, 0) is 15.6 Å². The maximum absolute atomic E-state index is 12.0. The van der Waals surface area contributed by atoms with Crippen molar-refractivity contribution in [2.24, 2.45) is 0 Å². The number of hydrogen-bond donors (Lipinski definition) is 3. The van der Waals surface area contributed by atoms with Crippen molar-refractivity contribution in [2.75, 3.05) is 56.0 Å². The van der Waals surface area contributed by atoms with E-state index < -0.39 is 9.84 Å². The van der Waals surface area contributed by atoms with Gasteiger partial charge in [0.05, 0.1) is 5.75 Å². The Morgan fingerprint density at radius 3 is 2.19 bits per heavy atom. The van der Waals surface area contributed by atoms with Crippen LogP contribution in [0.15, 0.2) is 60.8 Å². The monoisotopic (exact) mass is 533 g/mol. The van der Waals surface area contributed by atoms with Crippen molar-refractivity contribution in [3.63, 3.8) is 0 Å². The van der Waals surface area contributed by atoms with E-state index in [0.29, 0.717) is 24.0 Å². The number of nitrogens with zero attached hydrogens (tertiary/aromatic N) is 4. The Balaban J connectivity index is 0.00000456. The van der Waals surface area contributed by atoms with Gasteiger partial charge in [0.25, 0.3) is 0 Å². The molecule has 2 aromatic carbocycles. The molecule has 1 heterocycles. The first-order valence-electron chi connectivity index (χ1n) is 11.0. The normalized spacial score (nSPS) is 10.9. The van der Waals surface area contributed by atoms with E-state index in [0.717, 1.165) is 23.5 Å². The molecule has 0 aliphatic carbocycles. The van der Waals surface area contributed by atoms with Gasteiger partial charge >= 0.3 is 6.03 Å². The fourth-order valence-electron chi connectivity index (χ4n) is 3.18. The van der Waals surface area contributed by atoms with Crippen LogP contribution in [0.4, 0.5) is 33.6 Å². The number of benzene rings is 2. The molecule has 12 heteroatoms. The van der Waals surface area contributed by atoms with E-state index in [4.69, 9.17) is 0 Å². The maximum atomic E-state index is 12.0. The SMILES string of the molecule is CN(C)CCNC(=O)Nc1ccc(N(C)c2ccnc(Nc3ccc(CS(C)(=O)=O)cc3)n2)cc1.Cl. The topological polar surface area (TPSA) is 120 Å². The molecule has 3 aromatic rings. The highest BCUT2D eigenvalue weighted by molar-refractivity contribution is 7.89. The van der Waals surface area contributed by atoms with Gasteiger partial charge in [0.1, 0.15) is 5.82 Å². The van der Waals surface area contributed by atoms with Crippen LogP contribution < -0.4 is 20.9 Å². The van der Waals surface area contributed by atoms with Crippen molar-refractivity contribution < 1.29 is 13.2 Å². The molecular formula is C24H32ClN7O3S. The van der Waals surface area contributed by atoms with Crippen LogP contribution in [0.25, 0.3) is 0 Å². The average Bonchev–Trinajstić information content (AvgIpc) is 2.79. The molecule has 0 saturated carbocycles. The maximum Gasteiger partial charge on any atom is 0.319 e. The summed E-state index contributed by atoms with van der Waals surface area (Å²) in [4.78, 5) is 24.7. The van der Waals surface area contributed by atoms with Crippen LogP contribution >= 0.6 is 12.4 Å². The number of likely N-dealkylation sites (N-methyl/N-ethyl adjacent to an activating group) is 1. The lowest BCUT2D eigenvalue weighted by atomic mass is 10.2. The second-order valence-electron chi connectivity index (χ2n) is 8.42. The van der Waals surface area contributed by atoms with E-state index in [1.807, 2.05) is 55.2 Å². The molecule has 0 spiro atoms. The van der Waals surface area contributed by atoms with Gasteiger partial charge in [-0.1, -0.05) is 12.1 Å². The van der Waals surface area contributed by atoms with Gasteiger partial charge in [-0.25, -0.2) is 18.2 Å². The summed E-state index contributed by atoms with van der Waals surface area (Å²) in [7, 11) is 2.71. The van der Waals surface area contributed by atoms with Gasteiger partial charge in [-0.3, -0.25) is 0 Å². The number of aromatic nitrogens is 2. The number of sulfone groups is 1.